The van der Waals surface area contributed by atoms with E-state index in [-0.39, 0.29) is 5.91 Å². The maximum atomic E-state index is 11.5. The number of aromatic nitrogens is 5. The van der Waals surface area contributed by atoms with Crippen LogP contribution in [0.3, 0.4) is 0 Å². The zero-order valence-electron chi connectivity index (χ0n) is 12.1. The van der Waals surface area contributed by atoms with Crippen LogP contribution in [0, 0.1) is 0 Å². The van der Waals surface area contributed by atoms with E-state index in [2.05, 4.69) is 25.6 Å². The second kappa shape index (κ2) is 6.02. The van der Waals surface area contributed by atoms with Crippen LogP contribution in [0.5, 0.6) is 0 Å². The van der Waals surface area contributed by atoms with Gasteiger partial charge in [0.25, 0.3) is 0 Å². The first kappa shape index (κ1) is 13.7. The molecule has 0 bridgehead atoms. The first-order valence-electron chi connectivity index (χ1n) is 7.35. The van der Waals surface area contributed by atoms with Gasteiger partial charge in [-0.2, -0.15) is 0 Å². The molecule has 8 heteroatoms. The molecule has 21 heavy (non-hydrogen) atoms. The van der Waals surface area contributed by atoms with Gasteiger partial charge in [-0.05, 0) is 19.8 Å². The highest BCUT2D eigenvalue weighted by Gasteiger charge is 2.19. The second-order valence-electron chi connectivity index (χ2n) is 5.06. The Balaban J connectivity index is 1.58. The third kappa shape index (κ3) is 2.79. The monoisotopic (exact) mass is 289 g/mol. The SMILES string of the molecule is CCn1nnc2c(NCCCN3CCCC3=O)ncnc21. The molecule has 2 aromatic rings. The van der Waals surface area contributed by atoms with Crippen LogP contribution in [-0.2, 0) is 11.3 Å². The fraction of sp³-hybridized carbons (Fsp3) is 0.615. The standard InChI is InChI=1S/C13H19N7O/c1-2-20-13-11(17-18-20)12(15-9-16-13)14-6-4-8-19-7-3-5-10(19)21/h9H,2-8H2,1H3,(H,14,15,16). The number of hydrogen-bond acceptors (Lipinski definition) is 6. The second-order valence-corrected chi connectivity index (χ2v) is 5.06. The molecule has 3 rings (SSSR count). The number of likely N-dealkylation sites (tertiary alicyclic amines) is 1. The summed E-state index contributed by atoms with van der Waals surface area (Å²) in [5.41, 5.74) is 1.43. The fourth-order valence-electron chi connectivity index (χ4n) is 2.55. The van der Waals surface area contributed by atoms with E-state index >= 15 is 0 Å². The number of nitrogens with one attached hydrogen (secondary N) is 1. The summed E-state index contributed by atoms with van der Waals surface area (Å²) < 4.78 is 1.74. The lowest BCUT2D eigenvalue weighted by molar-refractivity contribution is -0.127. The third-order valence-corrected chi connectivity index (χ3v) is 3.67. The normalized spacial score (nSPS) is 15.1. The molecule has 3 heterocycles. The predicted octanol–water partition coefficient (Wildman–Crippen LogP) is 0.666. The zero-order valence-corrected chi connectivity index (χ0v) is 12.1. The number of carbonyl (C=O) groups excluding carboxylic acids is 1. The van der Waals surface area contributed by atoms with Gasteiger partial charge in [0.2, 0.25) is 5.91 Å². The molecule has 0 atom stereocenters. The Labute approximate surface area is 122 Å². The van der Waals surface area contributed by atoms with E-state index in [1.165, 1.54) is 6.33 Å². The largest absolute Gasteiger partial charge is 0.368 e. The molecule has 8 nitrogen and oxygen atoms in total. The quantitative estimate of drug-likeness (QED) is 0.786. The van der Waals surface area contributed by atoms with Gasteiger partial charge in [0, 0.05) is 32.6 Å². The number of carbonyl (C=O) groups is 1. The van der Waals surface area contributed by atoms with Crippen molar-refractivity contribution in [3.05, 3.63) is 6.33 Å². The van der Waals surface area contributed by atoms with Gasteiger partial charge < -0.3 is 10.2 Å². The number of anilines is 1. The molecule has 1 amide bonds. The first-order valence-corrected chi connectivity index (χ1v) is 7.35. The van der Waals surface area contributed by atoms with Crippen molar-refractivity contribution in [2.75, 3.05) is 25.0 Å². The summed E-state index contributed by atoms with van der Waals surface area (Å²) in [6, 6.07) is 0. The molecule has 0 unspecified atom stereocenters. The Morgan fingerprint density at radius 3 is 3.05 bits per heavy atom. The van der Waals surface area contributed by atoms with Crippen LogP contribution in [0.1, 0.15) is 26.2 Å². The van der Waals surface area contributed by atoms with Crippen molar-refractivity contribution < 1.29 is 4.79 Å². The summed E-state index contributed by atoms with van der Waals surface area (Å²) in [5, 5.41) is 11.4. The molecule has 0 radical (unpaired) electrons. The van der Waals surface area contributed by atoms with Gasteiger partial charge in [-0.15, -0.1) is 5.10 Å². The summed E-state index contributed by atoms with van der Waals surface area (Å²) in [5.74, 6) is 0.970. The van der Waals surface area contributed by atoms with Crippen molar-refractivity contribution in [2.24, 2.45) is 0 Å². The molecule has 1 aliphatic heterocycles. The number of fused-ring (bicyclic) bond motifs is 1. The van der Waals surface area contributed by atoms with Crippen molar-refractivity contribution in [3.8, 4) is 0 Å². The number of hydrogen-bond donors (Lipinski definition) is 1. The van der Waals surface area contributed by atoms with Crippen LogP contribution in [0.15, 0.2) is 6.33 Å². The summed E-state index contributed by atoms with van der Waals surface area (Å²) in [6.07, 6.45) is 4.09. The molecule has 1 fully saturated rings. The number of rotatable bonds is 6. The van der Waals surface area contributed by atoms with Crippen molar-refractivity contribution >= 4 is 22.9 Å². The van der Waals surface area contributed by atoms with Crippen LogP contribution in [-0.4, -0.2) is 55.4 Å². The molecule has 1 saturated heterocycles. The smallest absolute Gasteiger partial charge is 0.222 e. The highest BCUT2D eigenvalue weighted by atomic mass is 16.2. The number of aryl methyl sites for hydroxylation is 1. The van der Waals surface area contributed by atoms with Crippen molar-refractivity contribution in [1.82, 2.24) is 29.9 Å². The minimum Gasteiger partial charge on any atom is -0.368 e. The Hall–Kier alpha value is -2.25. The molecular weight excluding hydrogens is 270 g/mol. The maximum Gasteiger partial charge on any atom is 0.222 e. The minimum absolute atomic E-state index is 0.269. The lowest BCUT2D eigenvalue weighted by Gasteiger charge is -2.15. The van der Waals surface area contributed by atoms with E-state index in [1.54, 1.807) is 4.68 Å². The van der Waals surface area contributed by atoms with E-state index < -0.39 is 0 Å². The van der Waals surface area contributed by atoms with Gasteiger partial charge in [0.05, 0.1) is 0 Å². The van der Waals surface area contributed by atoms with E-state index in [0.717, 1.165) is 44.7 Å². The van der Waals surface area contributed by atoms with E-state index in [9.17, 15) is 4.79 Å². The van der Waals surface area contributed by atoms with Gasteiger partial charge in [-0.3, -0.25) is 4.79 Å². The predicted molar refractivity (Wildman–Crippen MR) is 77.7 cm³/mol. The first-order chi connectivity index (χ1) is 10.3. The van der Waals surface area contributed by atoms with E-state index in [4.69, 9.17) is 0 Å². The molecule has 0 aliphatic carbocycles. The third-order valence-electron chi connectivity index (χ3n) is 3.67. The van der Waals surface area contributed by atoms with E-state index in [0.29, 0.717) is 17.8 Å². The zero-order chi connectivity index (χ0) is 14.7. The number of amides is 1. The van der Waals surface area contributed by atoms with Crippen LogP contribution in [0.25, 0.3) is 11.2 Å². The summed E-state index contributed by atoms with van der Waals surface area (Å²) in [6.45, 7) is 5.15. The number of nitrogens with zero attached hydrogens (tertiary/aromatic N) is 6. The Morgan fingerprint density at radius 2 is 2.29 bits per heavy atom. The van der Waals surface area contributed by atoms with E-state index in [1.807, 2.05) is 11.8 Å². The summed E-state index contributed by atoms with van der Waals surface area (Å²) in [4.78, 5) is 21.9. The van der Waals surface area contributed by atoms with Crippen molar-refractivity contribution in [2.45, 2.75) is 32.7 Å². The molecule has 0 aromatic carbocycles. The van der Waals surface area contributed by atoms with Gasteiger partial charge in [-0.25, -0.2) is 14.6 Å². The minimum atomic E-state index is 0.269. The van der Waals surface area contributed by atoms with Crippen LogP contribution in [0.4, 0.5) is 5.82 Å². The summed E-state index contributed by atoms with van der Waals surface area (Å²) >= 11 is 0. The summed E-state index contributed by atoms with van der Waals surface area (Å²) in [7, 11) is 0. The molecule has 1 N–H and O–H groups in total. The molecule has 1 aliphatic rings. The topological polar surface area (TPSA) is 88.8 Å². The van der Waals surface area contributed by atoms with Crippen LogP contribution in [0.2, 0.25) is 0 Å². The van der Waals surface area contributed by atoms with Gasteiger partial charge >= 0.3 is 0 Å². The fourth-order valence-corrected chi connectivity index (χ4v) is 2.55. The average Bonchev–Trinajstić information content (AvgIpc) is 3.10. The Kier molecular flexibility index (Phi) is 3.94. The highest BCUT2D eigenvalue weighted by molar-refractivity contribution is 5.81. The lowest BCUT2D eigenvalue weighted by Crippen LogP contribution is -2.27. The Bertz CT molecular complexity index is 638. The van der Waals surface area contributed by atoms with Crippen LogP contribution >= 0.6 is 0 Å². The Morgan fingerprint density at radius 1 is 1.38 bits per heavy atom. The average molecular weight is 289 g/mol. The maximum absolute atomic E-state index is 11.5. The molecule has 2 aromatic heterocycles. The molecule has 0 spiro atoms. The van der Waals surface area contributed by atoms with Gasteiger partial charge in [0.15, 0.2) is 17.0 Å². The van der Waals surface area contributed by atoms with Crippen LogP contribution < -0.4 is 5.32 Å². The molecule has 112 valence electrons. The van der Waals surface area contributed by atoms with Gasteiger partial charge in [-0.1, -0.05) is 5.21 Å². The van der Waals surface area contributed by atoms with Crippen molar-refractivity contribution in [1.29, 1.82) is 0 Å². The molecular formula is C13H19N7O. The highest BCUT2D eigenvalue weighted by Crippen LogP contribution is 2.16. The lowest BCUT2D eigenvalue weighted by atomic mass is 10.3. The molecule has 0 saturated carbocycles. The van der Waals surface area contributed by atoms with Crippen molar-refractivity contribution in [3.63, 3.8) is 0 Å². The van der Waals surface area contributed by atoms with Gasteiger partial charge in [0.1, 0.15) is 6.33 Å².